The minimum atomic E-state index is 0.762. The molecule has 0 aliphatic carbocycles. The summed E-state index contributed by atoms with van der Waals surface area (Å²) < 4.78 is 5.45. The van der Waals surface area contributed by atoms with Crippen LogP contribution in [-0.2, 0) is 11.2 Å². The lowest BCUT2D eigenvalue weighted by Crippen LogP contribution is -2.36. The van der Waals surface area contributed by atoms with Gasteiger partial charge in [0.05, 0.1) is 18.7 Å². The fourth-order valence-corrected chi connectivity index (χ4v) is 3.45. The third-order valence-electron chi connectivity index (χ3n) is 4.64. The van der Waals surface area contributed by atoms with Gasteiger partial charge in [-0.25, -0.2) is 9.97 Å². The number of aromatic nitrogens is 2. The van der Waals surface area contributed by atoms with Gasteiger partial charge in [-0.1, -0.05) is 29.8 Å². The van der Waals surface area contributed by atoms with Crippen LogP contribution in [0.3, 0.4) is 0 Å². The summed E-state index contributed by atoms with van der Waals surface area (Å²) >= 11 is 6.24. The molecule has 1 saturated heterocycles. The Bertz CT molecular complexity index is 896. The smallest absolute Gasteiger partial charge is 0.137 e. The van der Waals surface area contributed by atoms with E-state index in [1.165, 1.54) is 5.69 Å². The number of nitrogens with zero attached hydrogens (tertiary/aromatic N) is 3. The summed E-state index contributed by atoms with van der Waals surface area (Å²) in [5, 5.41) is 5.28. The van der Waals surface area contributed by atoms with E-state index in [1.807, 2.05) is 18.2 Å². The van der Waals surface area contributed by atoms with Crippen molar-refractivity contribution in [2.75, 3.05) is 43.1 Å². The molecule has 4 rings (SSSR count). The Morgan fingerprint density at radius 3 is 2.77 bits per heavy atom. The summed E-state index contributed by atoms with van der Waals surface area (Å²) in [5.41, 5.74) is 3.26. The van der Waals surface area contributed by atoms with Crippen LogP contribution in [-0.4, -0.2) is 42.8 Å². The lowest BCUT2D eigenvalue weighted by Gasteiger charge is -2.29. The highest BCUT2D eigenvalue weighted by Gasteiger charge is 2.13. The summed E-state index contributed by atoms with van der Waals surface area (Å²) in [4.78, 5) is 11.2. The second-order valence-electron chi connectivity index (χ2n) is 6.29. The molecule has 0 atom stereocenters. The number of ether oxygens (including phenoxy) is 1. The van der Waals surface area contributed by atoms with E-state index in [1.54, 1.807) is 6.33 Å². The first-order valence-electron chi connectivity index (χ1n) is 8.86. The summed E-state index contributed by atoms with van der Waals surface area (Å²) in [7, 11) is 0. The predicted molar refractivity (Wildman–Crippen MR) is 106 cm³/mol. The van der Waals surface area contributed by atoms with Crippen molar-refractivity contribution < 1.29 is 4.74 Å². The molecular formula is C20H21ClN4O. The molecule has 0 amide bonds. The molecule has 2 aromatic carbocycles. The van der Waals surface area contributed by atoms with Crippen LogP contribution in [0, 0.1) is 0 Å². The second-order valence-corrected chi connectivity index (χ2v) is 6.70. The Morgan fingerprint density at radius 2 is 1.92 bits per heavy atom. The maximum Gasteiger partial charge on any atom is 0.137 e. The van der Waals surface area contributed by atoms with Crippen molar-refractivity contribution in [1.82, 2.24) is 9.97 Å². The number of hydrogen-bond donors (Lipinski definition) is 1. The molecule has 0 bridgehead atoms. The van der Waals surface area contributed by atoms with Crippen molar-refractivity contribution >= 4 is 34.0 Å². The number of hydrogen-bond acceptors (Lipinski definition) is 5. The first kappa shape index (κ1) is 17.1. The highest BCUT2D eigenvalue weighted by Crippen LogP contribution is 2.26. The highest BCUT2D eigenvalue weighted by molar-refractivity contribution is 6.31. The van der Waals surface area contributed by atoms with Crippen molar-refractivity contribution in [3.8, 4) is 0 Å². The average molecular weight is 369 g/mol. The van der Waals surface area contributed by atoms with Gasteiger partial charge in [0.15, 0.2) is 0 Å². The van der Waals surface area contributed by atoms with Crippen molar-refractivity contribution in [2.45, 2.75) is 6.42 Å². The molecule has 134 valence electrons. The van der Waals surface area contributed by atoms with Crippen molar-refractivity contribution in [2.24, 2.45) is 0 Å². The van der Waals surface area contributed by atoms with Crippen LogP contribution in [0.5, 0.6) is 0 Å². The van der Waals surface area contributed by atoms with E-state index < -0.39 is 0 Å². The fourth-order valence-electron chi connectivity index (χ4n) is 3.22. The van der Waals surface area contributed by atoms with E-state index in [-0.39, 0.29) is 0 Å². The van der Waals surface area contributed by atoms with E-state index in [0.29, 0.717) is 0 Å². The SMILES string of the molecule is Clc1ccccc1CCNc1ncnc2ccc(N3CCOCC3)cc12. The number of nitrogens with one attached hydrogen (secondary N) is 1. The molecule has 0 unspecified atom stereocenters. The molecule has 2 heterocycles. The van der Waals surface area contributed by atoms with Gasteiger partial charge >= 0.3 is 0 Å². The molecule has 1 aliphatic heterocycles. The first-order chi connectivity index (χ1) is 12.8. The zero-order chi connectivity index (χ0) is 17.8. The monoisotopic (exact) mass is 368 g/mol. The highest BCUT2D eigenvalue weighted by atomic mass is 35.5. The van der Waals surface area contributed by atoms with Crippen LogP contribution >= 0.6 is 11.6 Å². The van der Waals surface area contributed by atoms with Crippen LogP contribution in [0.25, 0.3) is 10.9 Å². The number of fused-ring (bicyclic) bond motifs is 1. The Hall–Kier alpha value is -2.37. The maximum atomic E-state index is 6.24. The Labute approximate surface area is 158 Å². The van der Waals surface area contributed by atoms with Gasteiger partial charge in [-0.05, 0) is 36.2 Å². The molecule has 26 heavy (non-hydrogen) atoms. The quantitative estimate of drug-likeness (QED) is 0.742. The van der Waals surface area contributed by atoms with E-state index in [9.17, 15) is 0 Å². The molecule has 0 saturated carbocycles. The molecule has 1 aromatic heterocycles. The number of morpholine rings is 1. The fraction of sp³-hybridized carbons (Fsp3) is 0.300. The largest absolute Gasteiger partial charge is 0.378 e. The lowest BCUT2D eigenvalue weighted by molar-refractivity contribution is 0.122. The summed E-state index contributed by atoms with van der Waals surface area (Å²) in [6.45, 7) is 4.12. The van der Waals surface area contributed by atoms with Crippen LogP contribution in [0.1, 0.15) is 5.56 Å². The Balaban J connectivity index is 1.53. The average Bonchev–Trinajstić information content (AvgIpc) is 2.70. The Kier molecular flexibility index (Phi) is 5.18. The van der Waals surface area contributed by atoms with Crippen LogP contribution in [0.4, 0.5) is 11.5 Å². The molecule has 1 aliphatic rings. The topological polar surface area (TPSA) is 50.3 Å². The van der Waals surface area contributed by atoms with Crippen molar-refractivity contribution in [3.05, 3.63) is 59.4 Å². The van der Waals surface area contributed by atoms with Gasteiger partial charge in [0.25, 0.3) is 0 Å². The molecule has 6 heteroatoms. The third kappa shape index (κ3) is 3.74. The molecule has 1 N–H and O–H groups in total. The minimum absolute atomic E-state index is 0.762. The zero-order valence-corrected chi connectivity index (χ0v) is 15.2. The number of rotatable bonds is 5. The van der Waals surface area contributed by atoms with E-state index >= 15 is 0 Å². The number of anilines is 2. The maximum absolute atomic E-state index is 6.24. The van der Waals surface area contributed by atoms with Gasteiger partial charge in [-0.2, -0.15) is 0 Å². The normalized spacial score (nSPS) is 14.6. The summed E-state index contributed by atoms with van der Waals surface area (Å²) in [5.74, 6) is 0.858. The van der Waals surface area contributed by atoms with E-state index in [2.05, 4.69) is 44.5 Å². The van der Waals surface area contributed by atoms with Gasteiger partial charge in [-0.15, -0.1) is 0 Å². The molecule has 3 aromatic rings. The molecular weight excluding hydrogens is 348 g/mol. The van der Waals surface area contributed by atoms with Gasteiger partial charge in [-0.3, -0.25) is 0 Å². The van der Waals surface area contributed by atoms with Crippen LogP contribution in [0.2, 0.25) is 5.02 Å². The first-order valence-corrected chi connectivity index (χ1v) is 9.24. The van der Waals surface area contributed by atoms with Crippen molar-refractivity contribution in [1.29, 1.82) is 0 Å². The lowest BCUT2D eigenvalue weighted by atomic mass is 10.1. The van der Waals surface area contributed by atoms with Gasteiger partial charge in [0.2, 0.25) is 0 Å². The van der Waals surface area contributed by atoms with Gasteiger partial charge in [0.1, 0.15) is 12.1 Å². The van der Waals surface area contributed by atoms with Gasteiger partial charge < -0.3 is 15.0 Å². The molecule has 0 radical (unpaired) electrons. The van der Waals surface area contributed by atoms with Crippen LogP contribution < -0.4 is 10.2 Å². The second kappa shape index (κ2) is 7.89. The van der Waals surface area contributed by atoms with Gasteiger partial charge in [0, 0.05) is 35.7 Å². The zero-order valence-electron chi connectivity index (χ0n) is 14.5. The third-order valence-corrected chi connectivity index (χ3v) is 5.01. The Morgan fingerprint density at radius 1 is 1.08 bits per heavy atom. The molecule has 1 fully saturated rings. The standard InChI is InChI=1S/C20H21ClN4O/c21-18-4-2-1-3-15(18)7-8-22-20-17-13-16(25-9-11-26-12-10-25)5-6-19(17)23-14-24-20/h1-6,13-14H,7-12H2,(H,22,23,24). The van der Waals surface area contributed by atoms with Crippen molar-refractivity contribution in [3.63, 3.8) is 0 Å². The summed E-state index contributed by atoms with van der Waals surface area (Å²) in [6.07, 6.45) is 2.45. The molecule has 5 nitrogen and oxygen atoms in total. The number of benzene rings is 2. The van der Waals surface area contributed by atoms with Crippen LogP contribution in [0.15, 0.2) is 48.8 Å². The predicted octanol–water partition coefficient (Wildman–Crippen LogP) is 3.77. The minimum Gasteiger partial charge on any atom is -0.378 e. The van der Waals surface area contributed by atoms with E-state index in [0.717, 1.165) is 66.6 Å². The van der Waals surface area contributed by atoms with E-state index in [4.69, 9.17) is 16.3 Å². The summed E-state index contributed by atoms with van der Waals surface area (Å²) in [6, 6.07) is 14.3. The number of halogens is 1. The molecule has 0 spiro atoms.